The molecule has 0 unspecified atom stereocenters. The fraction of sp³-hybridized carbons (Fsp3) is 0.143. The molecule has 2 nitrogen and oxygen atoms in total. The molecule has 0 atom stereocenters. The first-order chi connectivity index (χ1) is 4.88. The molecule has 10 heavy (non-hydrogen) atoms. The number of aromatic nitrogens is 1. The molecule has 1 aromatic heterocycles. The van der Waals surface area contributed by atoms with Crippen LogP contribution in [0.5, 0.6) is 0 Å². The Kier molecular flexibility index (Phi) is 1.44. The van der Waals surface area contributed by atoms with E-state index in [-0.39, 0.29) is 0 Å². The quantitative estimate of drug-likeness (QED) is 0.638. The Morgan fingerprint density at radius 2 is 2.40 bits per heavy atom. The lowest BCUT2D eigenvalue weighted by Crippen LogP contribution is -1.91. The van der Waals surface area contributed by atoms with E-state index in [1.807, 2.05) is 6.07 Å². The van der Waals surface area contributed by atoms with E-state index in [1.165, 1.54) is 5.56 Å². The van der Waals surface area contributed by atoms with Crippen molar-refractivity contribution < 1.29 is 0 Å². The molecule has 0 saturated carbocycles. The average molecular weight is 244 g/mol. The maximum absolute atomic E-state index is 4.24. The van der Waals surface area contributed by atoms with Crippen molar-refractivity contribution in [3.8, 4) is 0 Å². The van der Waals surface area contributed by atoms with Crippen LogP contribution < -0.4 is 0 Å². The molecule has 0 amide bonds. The lowest BCUT2D eigenvalue weighted by atomic mass is 10.2. The zero-order valence-corrected chi connectivity index (χ0v) is 7.37. The van der Waals surface area contributed by atoms with E-state index in [2.05, 4.69) is 38.6 Å². The number of rotatable bonds is 0. The van der Waals surface area contributed by atoms with Crippen molar-refractivity contribution >= 4 is 26.3 Å². The summed E-state index contributed by atoms with van der Waals surface area (Å²) in [5, 5.41) is 0. The Balaban J connectivity index is 2.61. The molecular formula is C7H5IN2. The third-order valence-corrected chi connectivity index (χ3v) is 2.33. The van der Waals surface area contributed by atoms with Gasteiger partial charge in [0.2, 0.25) is 0 Å². The highest BCUT2D eigenvalue weighted by Gasteiger charge is 2.12. The van der Waals surface area contributed by atoms with Crippen LogP contribution in [0.2, 0.25) is 0 Å². The maximum Gasteiger partial charge on any atom is 0.122 e. The molecular weight excluding hydrogens is 239 g/mol. The predicted molar refractivity (Wildman–Crippen MR) is 48.5 cm³/mol. The minimum atomic E-state index is 0.807. The molecule has 50 valence electrons. The average Bonchev–Trinajstić information content (AvgIpc) is 2.34. The van der Waals surface area contributed by atoms with Crippen molar-refractivity contribution in [2.45, 2.75) is 6.54 Å². The van der Waals surface area contributed by atoms with Crippen LogP contribution in [0.15, 0.2) is 23.3 Å². The molecule has 1 aromatic rings. The summed E-state index contributed by atoms with van der Waals surface area (Å²) in [6.07, 6.45) is 1.80. The summed E-state index contributed by atoms with van der Waals surface area (Å²) < 4.78 is 1.04. The van der Waals surface area contributed by atoms with Crippen LogP contribution in [0, 0.1) is 0 Å². The molecule has 0 N–H and O–H groups in total. The fourth-order valence-electron chi connectivity index (χ4n) is 0.981. The number of nitrogens with zero attached hydrogens (tertiary/aromatic N) is 2. The second-order valence-electron chi connectivity index (χ2n) is 2.12. The normalized spacial score (nSPS) is 14.7. The Bertz CT molecular complexity index is 293. The second kappa shape index (κ2) is 2.30. The van der Waals surface area contributed by atoms with E-state index in [0.717, 1.165) is 16.0 Å². The van der Waals surface area contributed by atoms with Crippen molar-refractivity contribution in [1.82, 2.24) is 4.98 Å². The van der Waals surface area contributed by atoms with E-state index in [1.54, 1.807) is 6.20 Å². The fourth-order valence-corrected chi connectivity index (χ4v) is 1.64. The standard InChI is InChI=1S/C7H5IN2/c8-7-6-5(4-10-7)2-1-3-9-6/h1-3H,4H2. The van der Waals surface area contributed by atoms with Gasteiger partial charge < -0.3 is 0 Å². The molecule has 2 heterocycles. The number of hydrogen-bond donors (Lipinski definition) is 0. The van der Waals surface area contributed by atoms with Crippen LogP contribution in [0.4, 0.5) is 0 Å². The zero-order valence-electron chi connectivity index (χ0n) is 5.21. The van der Waals surface area contributed by atoms with Crippen molar-refractivity contribution in [1.29, 1.82) is 0 Å². The number of fused-ring (bicyclic) bond motifs is 1. The summed E-state index contributed by atoms with van der Waals surface area (Å²) in [6.45, 7) is 0.807. The zero-order chi connectivity index (χ0) is 6.97. The van der Waals surface area contributed by atoms with Crippen molar-refractivity contribution in [3.05, 3.63) is 29.6 Å². The van der Waals surface area contributed by atoms with E-state index < -0.39 is 0 Å². The first-order valence-corrected chi connectivity index (χ1v) is 4.10. The molecule has 1 aliphatic rings. The van der Waals surface area contributed by atoms with Gasteiger partial charge in [-0.1, -0.05) is 6.07 Å². The Morgan fingerprint density at radius 3 is 3.20 bits per heavy atom. The van der Waals surface area contributed by atoms with Crippen LogP contribution in [-0.2, 0) is 6.54 Å². The molecule has 0 radical (unpaired) electrons. The molecule has 0 spiro atoms. The third-order valence-electron chi connectivity index (χ3n) is 1.47. The van der Waals surface area contributed by atoms with Crippen LogP contribution in [0.25, 0.3) is 0 Å². The second-order valence-corrected chi connectivity index (χ2v) is 3.14. The molecule has 1 aliphatic heterocycles. The SMILES string of the molecule is IC1=NCc2cccnc21. The number of pyridine rings is 1. The summed E-state index contributed by atoms with van der Waals surface area (Å²) in [4.78, 5) is 8.45. The van der Waals surface area contributed by atoms with Crippen LogP contribution in [-0.4, -0.2) is 8.70 Å². The molecule has 0 saturated heterocycles. The van der Waals surface area contributed by atoms with Crippen LogP contribution >= 0.6 is 22.6 Å². The number of aliphatic imine (C=N–C) groups is 1. The van der Waals surface area contributed by atoms with Crippen molar-refractivity contribution in [2.24, 2.45) is 4.99 Å². The summed E-state index contributed by atoms with van der Waals surface area (Å²) >= 11 is 2.21. The summed E-state index contributed by atoms with van der Waals surface area (Å²) in [5.41, 5.74) is 2.30. The van der Waals surface area contributed by atoms with Crippen LogP contribution in [0.1, 0.15) is 11.3 Å². The Labute approximate surface area is 72.5 Å². The Hall–Kier alpha value is -0.450. The topological polar surface area (TPSA) is 25.2 Å². The van der Waals surface area contributed by atoms with Gasteiger partial charge in [0.1, 0.15) is 3.72 Å². The number of halogens is 1. The molecule has 0 bridgehead atoms. The van der Waals surface area contributed by atoms with E-state index in [4.69, 9.17) is 0 Å². The van der Waals surface area contributed by atoms with Crippen molar-refractivity contribution in [2.75, 3.05) is 0 Å². The molecule has 2 rings (SSSR count). The van der Waals surface area contributed by atoms with Gasteiger partial charge in [-0.25, -0.2) is 0 Å². The van der Waals surface area contributed by atoms with Gasteiger partial charge in [0, 0.05) is 11.8 Å². The minimum Gasteiger partial charge on any atom is -0.272 e. The summed E-state index contributed by atoms with van der Waals surface area (Å²) in [6, 6.07) is 4.01. The minimum absolute atomic E-state index is 0.807. The molecule has 0 aromatic carbocycles. The van der Waals surface area contributed by atoms with Gasteiger partial charge in [-0.05, 0) is 28.7 Å². The highest BCUT2D eigenvalue weighted by molar-refractivity contribution is 14.1. The van der Waals surface area contributed by atoms with Gasteiger partial charge in [-0.2, -0.15) is 0 Å². The summed E-state index contributed by atoms with van der Waals surface area (Å²) in [7, 11) is 0. The van der Waals surface area contributed by atoms with Gasteiger partial charge in [-0.15, -0.1) is 0 Å². The number of hydrogen-bond acceptors (Lipinski definition) is 2. The smallest absolute Gasteiger partial charge is 0.122 e. The molecule has 0 aliphatic carbocycles. The highest BCUT2D eigenvalue weighted by atomic mass is 127. The van der Waals surface area contributed by atoms with E-state index in [9.17, 15) is 0 Å². The van der Waals surface area contributed by atoms with Crippen LogP contribution in [0.3, 0.4) is 0 Å². The van der Waals surface area contributed by atoms with Gasteiger partial charge in [0.25, 0.3) is 0 Å². The monoisotopic (exact) mass is 244 g/mol. The van der Waals surface area contributed by atoms with Gasteiger partial charge in [0.05, 0.1) is 12.2 Å². The maximum atomic E-state index is 4.24. The van der Waals surface area contributed by atoms with E-state index >= 15 is 0 Å². The first kappa shape index (κ1) is 6.27. The first-order valence-electron chi connectivity index (χ1n) is 3.02. The molecule has 0 fully saturated rings. The van der Waals surface area contributed by atoms with Crippen molar-refractivity contribution in [3.63, 3.8) is 0 Å². The lowest BCUT2D eigenvalue weighted by molar-refractivity contribution is 1.09. The van der Waals surface area contributed by atoms with E-state index in [0.29, 0.717) is 0 Å². The summed E-state index contributed by atoms with van der Waals surface area (Å²) in [5.74, 6) is 0. The Morgan fingerprint density at radius 1 is 1.50 bits per heavy atom. The lowest BCUT2D eigenvalue weighted by Gasteiger charge is -1.92. The molecule has 3 heteroatoms. The van der Waals surface area contributed by atoms with Gasteiger partial charge in [0.15, 0.2) is 0 Å². The highest BCUT2D eigenvalue weighted by Crippen LogP contribution is 2.18. The largest absolute Gasteiger partial charge is 0.272 e. The van der Waals surface area contributed by atoms with Gasteiger partial charge >= 0.3 is 0 Å². The van der Waals surface area contributed by atoms with Gasteiger partial charge in [-0.3, -0.25) is 9.98 Å². The predicted octanol–water partition coefficient (Wildman–Crippen LogP) is 1.78. The third kappa shape index (κ3) is 0.847.